The number of ether oxygens (including phenoxy) is 1. The standard InChI is InChI=1S/C25H23F4N3O4S/c1-15-5-6-16-11-18(37(33,34)31-23-9-10-36-30-23)7-8-20(16)32(15)21-13-19(26)17(12-22(21)35-4)14-24(2,3)25(27,28)29/h5-13H,1,14H2,2-4H3,(H,30,31). The SMILES string of the molecule is C=C1C=Cc2cc(S(=O)(=O)Nc3ccon3)ccc2N1c1cc(F)c(CC(C)(C)C(F)(F)F)cc1OC. The number of alkyl halides is 3. The number of nitrogens with zero attached hydrogens (tertiary/aromatic N) is 2. The second kappa shape index (κ2) is 9.25. The molecule has 0 bridgehead atoms. The molecule has 0 spiro atoms. The number of hydrogen-bond donors (Lipinski definition) is 1. The first-order valence-corrected chi connectivity index (χ1v) is 12.4. The van der Waals surface area contributed by atoms with E-state index in [4.69, 9.17) is 4.74 Å². The van der Waals surface area contributed by atoms with Gasteiger partial charge in [-0.05, 0) is 47.9 Å². The predicted molar refractivity (Wildman–Crippen MR) is 131 cm³/mol. The van der Waals surface area contributed by atoms with Gasteiger partial charge in [-0.25, -0.2) is 12.8 Å². The molecule has 37 heavy (non-hydrogen) atoms. The van der Waals surface area contributed by atoms with Crippen LogP contribution in [0.2, 0.25) is 0 Å². The zero-order chi connectivity index (χ0) is 27.2. The fourth-order valence-electron chi connectivity index (χ4n) is 3.83. The van der Waals surface area contributed by atoms with E-state index in [0.29, 0.717) is 16.9 Å². The van der Waals surface area contributed by atoms with Crippen LogP contribution in [-0.4, -0.2) is 26.9 Å². The highest BCUT2D eigenvalue weighted by atomic mass is 32.2. The number of hydrogen-bond acceptors (Lipinski definition) is 6. The van der Waals surface area contributed by atoms with Crippen molar-refractivity contribution in [3.05, 3.63) is 78.0 Å². The van der Waals surface area contributed by atoms with E-state index in [1.165, 1.54) is 48.6 Å². The lowest BCUT2D eigenvalue weighted by atomic mass is 9.84. The Kier molecular flexibility index (Phi) is 6.57. The third kappa shape index (κ3) is 5.06. The number of nitrogens with one attached hydrogen (secondary N) is 1. The van der Waals surface area contributed by atoms with Gasteiger partial charge in [0.1, 0.15) is 17.8 Å². The molecular weight excluding hydrogens is 514 g/mol. The molecule has 4 rings (SSSR count). The van der Waals surface area contributed by atoms with Crippen LogP contribution in [-0.2, 0) is 16.4 Å². The highest BCUT2D eigenvalue weighted by Crippen LogP contribution is 2.45. The Labute approximate surface area is 211 Å². The van der Waals surface area contributed by atoms with Gasteiger partial charge in [-0.2, -0.15) is 13.2 Å². The summed E-state index contributed by atoms with van der Waals surface area (Å²) >= 11 is 0. The summed E-state index contributed by atoms with van der Waals surface area (Å²) in [5.41, 5.74) is -0.770. The average Bonchev–Trinajstić information content (AvgIpc) is 3.31. The quantitative estimate of drug-likeness (QED) is 0.350. The second-order valence-electron chi connectivity index (χ2n) is 9.04. The lowest BCUT2D eigenvalue weighted by Crippen LogP contribution is -2.34. The van der Waals surface area contributed by atoms with Gasteiger partial charge in [0.2, 0.25) is 0 Å². The molecule has 2 heterocycles. The predicted octanol–water partition coefficient (Wildman–Crippen LogP) is 6.43. The summed E-state index contributed by atoms with van der Waals surface area (Å²) in [5, 5.41) is 3.54. The topological polar surface area (TPSA) is 84.7 Å². The number of anilines is 3. The Hall–Kier alpha value is -3.80. The first-order valence-electron chi connectivity index (χ1n) is 10.9. The minimum atomic E-state index is -4.53. The van der Waals surface area contributed by atoms with Gasteiger partial charge in [-0.3, -0.25) is 4.72 Å². The number of fused-ring (bicyclic) bond motifs is 1. The van der Waals surface area contributed by atoms with Crippen LogP contribution in [0.15, 0.2) is 70.4 Å². The number of allylic oxidation sites excluding steroid dienone is 1. The van der Waals surface area contributed by atoms with E-state index in [9.17, 15) is 21.6 Å². The van der Waals surface area contributed by atoms with Crippen molar-refractivity contribution < 1.29 is 35.2 Å². The molecule has 2 aromatic carbocycles. The van der Waals surface area contributed by atoms with Gasteiger partial charge in [0.25, 0.3) is 10.0 Å². The maximum atomic E-state index is 15.1. The third-order valence-corrected chi connectivity index (χ3v) is 7.31. The Balaban J connectivity index is 1.74. The fraction of sp³-hybridized carbons (Fsp3) is 0.240. The summed E-state index contributed by atoms with van der Waals surface area (Å²) < 4.78 is 93.3. The Morgan fingerprint density at radius 3 is 2.46 bits per heavy atom. The van der Waals surface area contributed by atoms with Crippen molar-refractivity contribution in [2.45, 2.75) is 31.3 Å². The summed E-state index contributed by atoms with van der Waals surface area (Å²) in [7, 11) is -2.67. The molecule has 0 aliphatic carbocycles. The van der Waals surface area contributed by atoms with E-state index in [0.717, 1.165) is 19.9 Å². The molecule has 0 unspecified atom stereocenters. The first kappa shape index (κ1) is 26.3. The van der Waals surface area contributed by atoms with Gasteiger partial charge in [0.05, 0.1) is 28.8 Å². The molecule has 3 aromatic rings. The monoisotopic (exact) mass is 537 g/mol. The molecule has 1 aliphatic heterocycles. The Morgan fingerprint density at radius 2 is 1.84 bits per heavy atom. The molecule has 7 nitrogen and oxygen atoms in total. The van der Waals surface area contributed by atoms with Crippen LogP contribution < -0.4 is 14.4 Å². The van der Waals surface area contributed by atoms with E-state index in [-0.39, 0.29) is 27.7 Å². The van der Waals surface area contributed by atoms with Crippen LogP contribution in [0.1, 0.15) is 25.0 Å². The van der Waals surface area contributed by atoms with Crippen LogP contribution in [0.25, 0.3) is 6.08 Å². The van der Waals surface area contributed by atoms with Crippen LogP contribution in [0.3, 0.4) is 0 Å². The Bertz CT molecular complexity index is 1480. The van der Waals surface area contributed by atoms with Crippen molar-refractivity contribution >= 4 is 33.3 Å². The molecule has 0 saturated heterocycles. The molecule has 12 heteroatoms. The van der Waals surface area contributed by atoms with Gasteiger partial charge in [-0.1, -0.05) is 31.7 Å². The largest absolute Gasteiger partial charge is 0.495 e. The molecule has 0 atom stereocenters. The molecule has 0 amide bonds. The van der Waals surface area contributed by atoms with Gasteiger partial charge in [0, 0.05) is 17.8 Å². The lowest BCUT2D eigenvalue weighted by Gasteiger charge is -2.32. The molecular formula is C25H23F4N3O4S. The molecule has 1 aromatic heterocycles. The van der Waals surface area contributed by atoms with E-state index >= 15 is 4.39 Å². The minimum Gasteiger partial charge on any atom is -0.495 e. The summed E-state index contributed by atoms with van der Waals surface area (Å²) in [6.45, 7) is 5.98. The summed E-state index contributed by atoms with van der Waals surface area (Å²) in [5.74, 6) is -0.702. The second-order valence-corrected chi connectivity index (χ2v) is 10.7. The molecule has 1 aliphatic rings. The average molecular weight is 538 g/mol. The molecule has 196 valence electrons. The summed E-state index contributed by atoms with van der Waals surface area (Å²) in [4.78, 5) is 1.48. The van der Waals surface area contributed by atoms with Crippen LogP contribution in [0.5, 0.6) is 5.75 Å². The van der Waals surface area contributed by atoms with E-state index < -0.39 is 33.9 Å². The van der Waals surface area contributed by atoms with Crippen LogP contribution >= 0.6 is 0 Å². The van der Waals surface area contributed by atoms with E-state index in [1.807, 2.05) is 0 Å². The van der Waals surface area contributed by atoms with Crippen molar-refractivity contribution in [3.8, 4) is 5.75 Å². The third-order valence-electron chi connectivity index (χ3n) is 5.96. The number of sulfonamides is 1. The van der Waals surface area contributed by atoms with Crippen molar-refractivity contribution in [2.75, 3.05) is 16.7 Å². The smallest absolute Gasteiger partial charge is 0.394 e. The summed E-state index contributed by atoms with van der Waals surface area (Å²) in [6, 6.07) is 7.96. The number of rotatable bonds is 7. The normalized spacial score (nSPS) is 14.0. The highest BCUT2D eigenvalue weighted by Gasteiger charge is 2.47. The Morgan fingerprint density at radius 1 is 1.11 bits per heavy atom. The van der Waals surface area contributed by atoms with Gasteiger partial charge >= 0.3 is 6.18 Å². The number of aromatic nitrogens is 1. The van der Waals surface area contributed by atoms with Gasteiger partial charge in [-0.15, -0.1) is 0 Å². The zero-order valence-corrected chi connectivity index (χ0v) is 20.9. The van der Waals surface area contributed by atoms with Crippen molar-refractivity contribution in [1.82, 2.24) is 5.16 Å². The van der Waals surface area contributed by atoms with Crippen molar-refractivity contribution in [1.29, 1.82) is 0 Å². The van der Waals surface area contributed by atoms with Crippen LogP contribution in [0, 0.1) is 11.2 Å². The van der Waals surface area contributed by atoms with E-state index in [1.54, 1.807) is 12.2 Å². The molecule has 0 saturated carbocycles. The van der Waals surface area contributed by atoms with Crippen LogP contribution in [0.4, 0.5) is 34.8 Å². The number of benzene rings is 2. The maximum Gasteiger partial charge on any atom is 0.394 e. The lowest BCUT2D eigenvalue weighted by molar-refractivity contribution is -0.211. The maximum absolute atomic E-state index is 15.1. The summed E-state index contributed by atoms with van der Waals surface area (Å²) in [6.07, 6.45) is -0.653. The van der Waals surface area contributed by atoms with Crippen molar-refractivity contribution in [3.63, 3.8) is 0 Å². The van der Waals surface area contributed by atoms with E-state index in [2.05, 4.69) is 21.0 Å². The minimum absolute atomic E-state index is 0.0114. The van der Waals surface area contributed by atoms with Crippen molar-refractivity contribution in [2.24, 2.45) is 5.41 Å². The highest BCUT2D eigenvalue weighted by molar-refractivity contribution is 7.92. The zero-order valence-electron chi connectivity index (χ0n) is 20.1. The molecule has 0 radical (unpaired) electrons. The first-order chi connectivity index (χ1) is 17.2. The molecule has 1 N–H and O–H groups in total. The number of methoxy groups -OCH3 is 1. The van der Waals surface area contributed by atoms with Gasteiger partial charge < -0.3 is 14.2 Å². The molecule has 0 fully saturated rings. The van der Waals surface area contributed by atoms with Gasteiger partial charge in [0.15, 0.2) is 5.82 Å². The fourth-order valence-corrected chi connectivity index (χ4v) is 4.86. The number of halogens is 4.